The monoisotopic (exact) mass is 454 g/mol. The topological polar surface area (TPSA) is 48.8 Å². The third kappa shape index (κ3) is 4.25. The second-order valence-corrected chi connectivity index (χ2v) is 8.37. The summed E-state index contributed by atoms with van der Waals surface area (Å²) in [6, 6.07) is 7.39. The highest BCUT2D eigenvalue weighted by atomic mass is 35.5. The Morgan fingerprint density at radius 2 is 0.964 bits per heavy atom. The van der Waals surface area contributed by atoms with Gasteiger partial charge < -0.3 is 10.6 Å². The first-order valence-electron chi connectivity index (χ1n) is 9.10. The number of amidine groups is 2. The van der Waals surface area contributed by atoms with Crippen LogP contribution in [-0.4, -0.2) is 24.8 Å². The Balaban J connectivity index is 1.63. The predicted molar refractivity (Wildman–Crippen MR) is 122 cm³/mol. The van der Waals surface area contributed by atoms with E-state index in [1.807, 2.05) is 24.3 Å². The van der Waals surface area contributed by atoms with Crippen LogP contribution in [0.3, 0.4) is 0 Å². The van der Waals surface area contributed by atoms with Gasteiger partial charge >= 0.3 is 0 Å². The number of anilines is 2. The molecule has 0 radical (unpaired) electrons. The minimum atomic E-state index is 0.520. The SMILES string of the molecule is Clc1cc(-c2cc(Cl)c(NC3=NCCC3)c(Cl)c2)cc(Cl)c1NC1=NCCC1. The molecule has 4 rings (SSSR count). The fourth-order valence-electron chi connectivity index (χ4n) is 3.29. The second-order valence-electron chi connectivity index (χ2n) is 6.74. The molecule has 0 bridgehead atoms. The Morgan fingerprint density at radius 1 is 0.607 bits per heavy atom. The number of nitrogens with zero attached hydrogens (tertiary/aromatic N) is 2. The first-order chi connectivity index (χ1) is 13.5. The standard InChI is InChI=1S/C20H18Cl4N4/c21-13-7-11(8-14(22)19(13)27-17-3-1-5-25-17)12-9-15(23)20(16(24)10-12)28-18-4-2-6-26-18/h7-10H,1-6H2,(H,25,27)(H,26,28). The van der Waals surface area contributed by atoms with Crippen LogP contribution in [0.1, 0.15) is 25.7 Å². The summed E-state index contributed by atoms with van der Waals surface area (Å²) in [7, 11) is 0. The summed E-state index contributed by atoms with van der Waals surface area (Å²) in [5.41, 5.74) is 3.01. The van der Waals surface area contributed by atoms with Crippen molar-refractivity contribution in [3.63, 3.8) is 0 Å². The van der Waals surface area contributed by atoms with Crippen LogP contribution in [0.2, 0.25) is 20.1 Å². The van der Waals surface area contributed by atoms with Gasteiger partial charge in [-0.1, -0.05) is 46.4 Å². The molecule has 2 aromatic rings. The highest BCUT2D eigenvalue weighted by molar-refractivity contribution is 6.41. The maximum absolute atomic E-state index is 6.49. The van der Waals surface area contributed by atoms with Crippen LogP contribution < -0.4 is 10.6 Å². The molecule has 2 aromatic carbocycles. The number of benzene rings is 2. The molecule has 0 saturated heterocycles. The van der Waals surface area contributed by atoms with Gasteiger partial charge in [-0.15, -0.1) is 0 Å². The molecule has 0 fully saturated rings. The molecule has 0 atom stereocenters. The Morgan fingerprint density at radius 3 is 1.25 bits per heavy atom. The van der Waals surface area contributed by atoms with Crippen LogP contribution in [0.4, 0.5) is 11.4 Å². The van der Waals surface area contributed by atoms with Crippen molar-refractivity contribution in [1.82, 2.24) is 0 Å². The number of nitrogens with one attached hydrogen (secondary N) is 2. The van der Waals surface area contributed by atoms with E-state index >= 15 is 0 Å². The average molecular weight is 456 g/mol. The molecule has 2 heterocycles. The van der Waals surface area contributed by atoms with E-state index in [1.54, 1.807) is 0 Å². The first-order valence-corrected chi connectivity index (χ1v) is 10.6. The van der Waals surface area contributed by atoms with Crippen molar-refractivity contribution in [2.75, 3.05) is 23.7 Å². The van der Waals surface area contributed by atoms with Gasteiger partial charge in [-0.3, -0.25) is 9.98 Å². The molecule has 4 nitrogen and oxygen atoms in total. The van der Waals surface area contributed by atoms with Crippen molar-refractivity contribution in [3.8, 4) is 11.1 Å². The van der Waals surface area contributed by atoms with Crippen molar-refractivity contribution < 1.29 is 0 Å². The number of rotatable bonds is 3. The van der Waals surface area contributed by atoms with E-state index in [1.165, 1.54) is 0 Å². The van der Waals surface area contributed by atoms with Gasteiger partial charge in [0.2, 0.25) is 0 Å². The normalized spacial score (nSPS) is 16.1. The zero-order chi connectivity index (χ0) is 19.7. The quantitative estimate of drug-likeness (QED) is 0.514. The van der Waals surface area contributed by atoms with Crippen LogP contribution in [0, 0.1) is 0 Å². The van der Waals surface area contributed by atoms with E-state index in [2.05, 4.69) is 20.6 Å². The Bertz CT molecular complexity index is 859. The molecule has 0 amide bonds. The molecule has 2 aliphatic heterocycles. The van der Waals surface area contributed by atoms with Crippen LogP contribution in [0.5, 0.6) is 0 Å². The van der Waals surface area contributed by atoms with Crippen molar-refractivity contribution in [2.45, 2.75) is 25.7 Å². The van der Waals surface area contributed by atoms with E-state index in [-0.39, 0.29) is 0 Å². The second kappa shape index (κ2) is 8.50. The fourth-order valence-corrected chi connectivity index (χ4v) is 4.45. The lowest BCUT2D eigenvalue weighted by Crippen LogP contribution is -2.09. The molecular weight excluding hydrogens is 438 g/mol. The molecule has 146 valence electrons. The molecule has 28 heavy (non-hydrogen) atoms. The van der Waals surface area contributed by atoms with Gasteiger partial charge in [-0.05, 0) is 48.2 Å². The van der Waals surface area contributed by atoms with Crippen LogP contribution in [0.25, 0.3) is 11.1 Å². The molecule has 0 unspecified atom stereocenters. The summed E-state index contributed by atoms with van der Waals surface area (Å²) >= 11 is 26.0. The lowest BCUT2D eigenvalue weighted by atomic mass is 10.0. The number of hydrogen-bond donors (Lipinski definition) is 2. The number of aliphatic imine (C=N–C) groups is 2. The molecule has 2 aliphatic rings. The Kier molecular flexibility index (Phi) is 6.02. The zero-order valence-corrected chi connectivity index (χ0v) is 18.0. The van der Waals surface area contributed by atoms with Gasteiger partial charge in [-0.25, -0.2) is 0 Å². The first kappa shape index (κ1) is 19.8. The molecule has 2 N–H and O–H groups in total. The highest BCUT2D eigenvalue weighted by Gasteiger charge is 2.16. The van der Waals surface area contributed by atoms with E-state index < -0.39 is 0 Å². The number of hydrogen-bond acceptors (Lipinski definition) is 4. The van der Waals surface area contributed by atoms with Crippen LogP contribution in [0.15, 0.2) is 34.3 Å². The third-order valence-electron chi connectivity index (χ3n) is 4.70. The van der Waals surface area contributed by atoms with Gasteiger partial charge in [0.05, 0.1) is 31.5 Å². The minimum Gasteiger partial charge on any atom is -0.342 e. The summed E-state index contributed by atoms with van der Waals surface area (Å²) in [6.07, 6.45) is 3.89. The van der Waals surface area contributed by atoms with Gasteiger partial charge in [0.1, 0.15) is 11.7 Å². The Labute approximate surface area is 183 Å². The van der Waals surface area contributed by atoms with Crippen LogP contribution in [-0.2, 0) is 0 Å². The smallest absolute Gasteiger partial charge is 0.101 e. The molecular formula is C20H18Cl4N4. The van der Waals surface area contributed by atoms with E-state index in [0.717, 1.165) is 61.6 Å². The van der Waals surface area contributed by atoms with Crippen molar-refractivity contribution in [3.05, 3.63) is 44.4 Å². The zero-order valence-electron chi connectivity index (χ0n) is 15.0. The van der Waals surface area contributed by atoms with Crippen molar-refractivity contribution in [2.24, 2.45) is 9.98 Å². The fraction of sp³-hybridized carbons (Fsp3) is 0.300. The summed E-state index contributed by atoms with van der Waals surface area (Å²) in [5.74, 6) is 1.82. The Hall–Kier alpha value is -1.46. The van der Waals surface area contributed by atoms with Gasteiger partial charge in [-0.2, -0.15) is 0 Å². The van der Waals surface area contributed by atoms with E-state index in [0.29, 0.717) is 31.5 Å². The molecule has 0 aromatic heterocycles. The maximum atomic E-state index is 6.49. The van der Waals surface area contributed by atoms with Crippen molar-refractivity contribution >= 4 is 69.4 Å². The molecule has 8 heteroatoms. The molecule has 0 saturated carbocycles. The average Bonchev–Trinajstić information content (AvgIpc) is 3.34. The summed E-state index contributed by atoms with van der Waals surface area (Å²) < 4.78 is 0. The summed E-state index contributed by atoms with van der Waals surface area (Å²) in [4.78, 5) is 8.81. The van der Waals surface area contributed by atoms with Gasteiger partial charge in [0, 0.05) is 25.9 Å². The van der Waals surface area contributed by atoms with Gasteiger partial charge in [0.25, 0.3) is 0 Å². The summed E-state index contributed by atoms with van der Waals surface area (Å²) in [6.45, 7) is 1.67. The molecule has 0 aliphatic carbocycles. The third-order valence-corrected chi connectivity index (χ3v) is 5.90. The summed E-state index contributed by atoms with van der Waals surface area (Å²) in [5, 5.41) is 8.56. The number of halogens is 4. The van der Waals surface area contributed by atoms with Crippen LogP contribution >= 0.6 is 46.4 Å². The largest absolute Gasteiger partial charge is 0.342 e. The lowest BCUT2D eigenvalue weighted by molar-refractivity contribution is 0.951. The highest BCUT2D eigenvalue weighted by Crippen LogP contribution is 2.40. The molecule has 0 spiro atoms. The van der Waals surface area contributed by atoms with E-state index in [4.69, 9.17) is 46.4 Å². The van der Waals surface area contributed by atoms with Crippen molar-refractivity contribution in [1.29, 1.82) is 0 Å². The maximum Gasteiger partial charge on any atom is 0.101 e. The lowest BCUT2D eigenvalue weighted by Gasteiger charge is -2.15. The van der Waals surface area contributed by atoms with E-state index in [9.17, 15) is 0 Å². The predicted octanol–water partition coefficient (Wildman–Crippen LogP) is 7.18. The minimum absolute atomic E-state index is 0.520. The van der Waals surface area contributed by atoms with Gasteiger partial charge in [0.15, 0.2) is 0 Å².